The van der Waals surface area contributed by atoms with Crippen LogP contribution in [0.4, 0.5) is 0 Å². The van der Waals surface area contributed by atoms with E-state index in [0.717, 1.165) is 0 Å². The average molecular weight is 491 g/mol. The van der Waals surface area contributed by atoms with Crippen molar-refractivity contribution >= 4 is 0 Å². The van der Waals surface area contributed by atoms with E-state index in [4.69, 9.17) is 76.6 Å². The van der Waals surface area contributed by atoms with Gasteiger partial charge in [0.15, 0.2) is 0 Å². The summed E-state index contributed by atoms with van der Waals surface area (Å²) in [5.74, 6) is 0. The minimum atomic E-state index is -1.50. The Morgan fingerprint density at radius 1 is 0.476 bits per heavy atom. The van der Waals surface area contributed by atoms with Crippen molar-refractivity contribution in [1.82, 2.24) is 0 Å². The third-order valence-electron chi connectivity index (χ3n) is 0. The van der Waals surface area contributed by atoms with Gasteiger partial charge in [-0.1, -0.05) is 0 Å². The minimum Gasteiger partial charge on any atom is -0.328 e. The Morgan fingerprint density at radius 3 is 0.476 bits per heavy atom. The van der Waals surface area contributed by atoms with E-state index in [1.54, 1.807) is 0 Å². The largest absolute Gasteiger partial charge is 0.472 e. The molecule has 21 heteroatoms. The predicted molar refractivity (Wildman–Crippen MR) is 39.2 cm³/mol. The molecule has 0 bridgehead atoms. The van der Waals surface area contributed by atoms with Gasteiger partial charge in [-0.2, -0.15) is 0 Å². The third kappa shape index (κ3) is 686. The van der Waals surface area contributed by atoms with Crippen LogP contribution < -0.4 is 0 Å². The summed E-state index contributed by atoms with van der Waals surface area (Å²) in [7, 11) is 0. The molecule has 0 aromatic heterocycles. The average Bonchev–Trinajstić information content (AvgIpc) is 1.94. The van der Waals surface area contributed by atoms with Crippen molar-refractivity contribution in [2.24, 2.45) is 0 Å². The Balaban J connectivity index is -0.0000000331. The Hall–Kier alpha value is -2.48. The second kappa shape index (κ2) is 30.5. The fourth-order valence-corrected chi connectivity index (χ4v) is 0. The van der Waals surface area contributed by atoms with Gasteiger partial charge in [0.05, 0.1) is 0 Å². The van der Waals surface area contributed by atoms with Gasteiger partial charge in [0, 0.05) is 46.9 Å². The maximum atomic E-state index is 8.47. The van der Waals surface area contributed by atoms with Gasteiger partial charge in [-0.15, -0.1) is 20.2 Å². The van der Waals surface area contributed by atoms with Crippen LogP contribution in [0.2, 0.25) is 0 Å². The van der Waals surface area contributed by atoms with Crippen molar-refractivity contribution in [3.05, 3.63) is 34.9 Å². The Kier molecular flexibility index (Phi) is 52.7. The quantitative estimate of drug-likeness (QED) is 0.133. The zero-order chi connectivity index (χ0) is 17.9. The molecule has 20 nitrogen and oxygen atoms in total. The maximum absolute atomic E-state index is 8.47. The second-order valence-electron chi connectivity index (χ2n) is 1.23. The van der Waals surface area contributed by atoms with E-state index in [1.165, 1.54) is 0 Å². The van der Waals surface area contributed by atoms with Gasteiger partial charge in [0.25, 0.3) is 10.2 Å². The number of hydrogen-bond donors (Lipinski definition) is 8. The fourth-order valence-electron chi connectivity index (χ4n) is 0. The molecule has 0 saturated carbocycles. The second-order valence-corrected chi connectivity index (χ2v) is 1.23. The first kappa shape index (κ1) is 36.3. The van der Waals surface area contributed by atoms with Crippen molar-refractivity contribution < 1.29 is 114 Å². The van der Waals surface area contributed by atoms with E-state index in [0.29, 0.717) is 0 Å². The first-order chi connectivity index (χ1) is 8.66. The molecular weight excluding hydrogens is 483 g/mol. The van der Waals surface area contributed by atoms with Gasteiger partial charge in [-0.05, 0) is 0 Å². The molecule has 0 spiro atoms. The molecule has 21 heavy (non-hydrogen) atoms. The molecule has 0 amide bonds. The van der Waals surface area contributed by atoms with Crippen molar-refractivity contribution in [2.75, 3.05) is 0 Å². The van der Waals surface area contributed by atoms with Gasteiger partial charge in [-0.25, -0.2) is 31.2 Å². The van der Waals surface area contributed by atoms with Crippen LogP contribution in [0.1, 0.15) is 0 Å². The van der Waals surface area contributed by atoms with E-state index >= 15 is 0 Å². The summed E-state index contributed by atoms with van der Waals surface area (Å²) in [5.41, 5.74) is 0. The molecule has 0 aromatic carbocycles. The molecule has 0 aliphatic rings. The minimum absolute atomic E-state index is 0. The summed E-state index contributed by atoms with van der Waals surface area (Å²) in [5, 5.41) is 64.9. The molecule has 0 aliphatic carbocycles. The monoisotopic (exact) mass is 492 g/mol. The Bertz CT molecular complexity index is 207. The molecule has 0 heterocycles. The summed E-state index contributed by atoms with van der Waals surface area (Å²) < 4.78 is 0. The topological polar surface area (TPSA) is 308 Å². The molecule has 134 valence electrons. The van der Waals surface area contributed by atoms with Crippen molar-refractivity contribution in [3.8, 4) is 0 Å². The molecule has 0 radical (unpaired) electrons. The van der Waals surface area contributed by atoms with E-state index in [-0.39, 0.29) is 46.9 Å². The summed E-state index contributed by atoms with van der Waals surface area (Å²) in [6.45, 7) is 0. The first-order valence-electron chi connectivity index (χ1n) is 2.88. The maximum Gasteiger partial charge on any atom is 0.472 e. The molecule has 0 fully saturated rings. The molecule has 0 aliphatic heterocycles. The van der Waals surface area contributed by atoms with Gasteiger partial charge in [-0.3, -0.25) is 0 Å². The summed E-state index contributed by atoms with van der Waals surface area (Å²) >= 11 is 0. The normalized spacial score (nSPS) is 5.71. The predicted octanol–water partition coefficient (Wildman–Crippen LogP) is -2.06. The molecule has 0 aromatic rings. The zero-order valence-electron chi connectivity index (χ0n) is 8.94. The zero-order valence-corrected chi connectivity index (χ0v) is 10.7. The van der Waals surface area contributed by atoms with Crippen LogP contribution in [0, 0.1) is 81.9 Å². The van der Waals surface area contributed by atoms with Crippen LogP contribution >= 0.6 is 0 Å². The summed E-state index contributed by atoms with van der Waals surface area (Å²) in [6.07, 6.45) is 0. The van der Waals surface area contributed by atoms with E-state index < -0.39 is 25.4 Å². The molecular formula is H8N5O15Yb+3. The number of nitrogens with zero attached hydrogens (tertiary/aromatic N) is 5. The number of hydrogen-bond acceptors (Lipinski definition) is 7. The molecule has 0 atom stereocenters. The van der Waals surface area contributed by atoms with E-state index in [9.17, 15) is 0 Å². The number of rotatable bonds is 0. The molecule has 0 rings (SSSR count). The van der Waals surface area contributed by atoms with Gasteiger partial charge < -0.3 is 10.4 Å². The summed E-state index contributed by atoms with van der Waals surface area (Å²) in [4.78, 5) is 42.1. The van der Waals surface area contributed by atoms with Crippen LogP contribution in [0.15, 0.2) is 0 Å². The van der Waals surface area contributed by atoms with Crippen LogP contribution in [-0.2, 0) is 0 Å². The van der Waals surface area contributed by atoms with Gasteiger partial charge in [0.1, 0.15) is 14.7 Å². The third-order valence-corrected chi connectivity index (χ3v) is 0. The molecule has 0 saturated heterocycles. The molecule has 8 N–H and O–H groups in total. The SMILES string of the molecule is O=[N+](O)O.O=[N+](O)O.O=[N+](O)O.O=[N+]([O-])O.O=[N+]([O-])O.[Yb]. The standard InChI is InChI=1S/3H2NO3.2HNO3.Yb/c5*2-1(3)4;/h3*(H2,2,3,4);2*(H,2,3,4);/q3*+1;;;. The van der Waals surface area contributed by atoms with Crippen LogP contribution in [0.5, 0.6) is 0 Å². The molecule has 0 unspecified atom stereocenters. The van der Waals surface area contributed by atoms with E-state index in [1.807, 2.05) is 0 Å². The van der Waals surface area contributed by atoms with E-state index in [2.05, 4.69) is 0 Å². The van der Waals surface area contributed by atoms with Crippen molar-refractivity contribution in [3.63, 3.8) is 0 Å². The first-order valence-corrected chi connectivity index (χ1v) is 2.88. The summed E-state index contributed by atoms with van der Waals surface area (Å²) in [6, 6.07) is 0. The fraction of sp³-hybridized carbons (Fsp3) is 0. The Morgan fingerprint density at radius 2 is 0.476 bits per heavy atom. The van der Waals surface area contributed by atoms with Gasteiger partial charge >= 0.3 is 15.3 Å². The van der Waals surface area contributed by atoms with Crippen LogP contribution in [-0.4, -0.2) is 67.1 Å². The van der Waals surface area contributed by atoms with Crippen LogP contribution in [0.25, 0.3) is 0 Å². The van der Waals surface area contributed by atoms with Gasteiger partial charge in [0.2, 0.25) is 0 Å². The van der Waals surface area contributed by atoms with Crippen LogP contribution in [0.3, 0.4) is 0 Å². The van der Waals surface area contributed by atoms with Crippen molar-refractivity contribution in [2.45, 2.75) is 0 Å². The smallest absolute Gasteiger partial charge is 0.328 e. The Labute approximate surface area is 148 Å². The van der Waals surface area contributed by atoms with Crippen molar-refractivity contribution in [1.29, 1.82) is 0 Å².